The van der Waals surface area contributed by atoms with Crippen LogP contribution < -0.4 is 10.2 Å². The summed E-state index contributed by atoms with van der Waals surface area (Å²) in [5.41, 5.74) is 0.912. The summed E-state index contributed by atoms with van der Waals surface area (Å²) in [6.07, 6.45) is 5.31. The number of anilines is 1. The third kappa shape index (κ3) is 3.55. The van der Waals surface area contributed by atoms with Gasteiger partial charge in [-0.05, 0) is 6.54 Å². The normalized spacial score (nSPS) is 10.1. The topological polar surface area (TPSA) is 41.3 Å². The zero-order chi connectivity index (χ0) is 11.8. The summed E-state index contributed by atoms with van der Waals surface area (Å²) in [6.45, 7) is 12.5. The molecule has 0 saturated heterocycles. The van der Waals surface area contributed by atoms with Gasteiger partial charge in [-0.2, -0.15) is 4.98 Å². The summed E-state index contributed by atoms with van der Waals surface area (Å²) >= 11 is 0. The van der Waals surface area contributed by atoms with E-state index in [9.17, 15) is 0 Å². The second kappa shape index (κ2) is 6.85. The first kappa shape index (κ1) is 12.5. The van der Waals surface area contributed by atoms with Crippen molar-refractivity contribution in [2.24, 2.45) is 0 Å². The molecule has 1 rings (SSSR count). The van der Waals surface area contributed by atoms with Crippen molar-refractivity contribution in [3.8, 4) is 0 Å². The van der Waals surface area contributed by atoms with Crippen LogP contribution in [0.3, 0.4) is 0 Å². The fraction of sp³-hybridized carbons (Fsp3) is 0.417. The minimum absolute atomic E-state index is 0.618. The maximum Gasteiger partial charge on any atom is 0.298 e. The van der Waals surface area contributed by atoms with Crippen molar-refractivity contribution in [1.29, 1.82) is 0 Å². The molecule has 16 heavy (non-hydrogen) atoms. The Labute approximate surface area is 96.7 Å². The molecule has 0 aliphatic heterocycles. The third-order valence-corrected chi connectivity index (χ3v) is 2.07. The molecule has 0 aliphatic rings. The van der Waals surface area contributed by atoms with Gasteiger partial charge in [0.25, 0.3) is 6.01 Å². The van der Waals surface area contributed by atoms with E-state index in [1.807, 2.05) is 17.1 Å². The molecule has 0 radical (unpaired) electrons. The van der Waals surface area contributed by atoms with E-state index in [1.54, 1.807) is 6.26 Å². The van der Waals surface area contributed by atoms with Crippen LogP contribution in [-0.2, 0) is 6.54 Å². The Morgan fingerprint density at radius 3 is 2.69 bits per heavy atom. The molecule has 0 aliphatic carbocycles. The Hall–Kier alpha value is -1.55. The standard InChI is InChI=1S/C12H19N3O/c1-4-7-15(8-5-2)12-14-11(10-16-12)9-13-6-3/h4-5,10,13H,1-2,6-9H2,3H3. The fourth-order valence-corrected chi connectivity index (χ4v) is 1.32. The number of hydrogen-bond donors (Lipinski definition) is 1. The van der Waals surface area contributed by atoms with Crippen LogP contribution in [0.15, 0.2) is 36.0 Å². The Morgan fingerprint density at radius 1 is 1.44 bits per heavy atom. The predicted molar refractivity (Wildman–Crippen MR) is 66.5 cm³/mol. The number of nitrogens with zero attached hydrogens (tertiary/aromatic N) is 2. The third-order valence-electron chi connectivity index (χ3n) is 2.07. The highest BCUT2D eigenvalue weighted by Gasteiger charge is 2.09. The van der Waals surface area contributed by atoms with Crippen LogP contribution in [0.2, 0.25) is 0 Å². The van der Waals surface area contributed by atoms with Crippen molar-refractivity contribution in [3.05, 3.63) is 37.3 Å². The number of hydrogen-bond acceptors (Lipinski definition) is 4. The van der Waals surface area contributed by atoms with E-state index in [4.69, 9.17) is 4.42 Å². The highest BCUT2D eigenvalue weighted by atomic mass is 16.4. The van der Waals surface area contributed by atoms with Gasteiger partial charge in [0.1, 0.15) is 6.26 Å². The average molecular weight is 221 g/mol. The van der Waals surface area contributed by atoms with Gasteiger partial charge in [0.15, 0.2) is 0 Å². The minimum Gasteiger partial charge on any atom is -0.432 e. The number of rotatable bonds is 8. The van der Waals surface area contributed by atoms with Crippen LogP contribution in [0.4, 0.5) is 6.01 Å². The van der Waals surface area contributed by atoms with Crippen molar-refractivity contribution in [1.82, 2.24) is 10.3 Å². The maximum absolute atomic E-state index is 5.41. The van der Waals surface area contributed by atoms with Gasteiger partial charge in [-0.25, -0.2) is 0 Å². The van der Waals surface area contributed by atoms with Gasteiger partial charge in [0.2, 0.25) is 0 Å². The Kier molecular flexibility index (Phi) is 5.36. The highest BCUT2D eigenvalue weighted by Crippen LogP contribution is 2.13. The zero-order valence-electron chi connectivity index (χ0n) is 9.78. The van der Waals surface area contributed by atoms with Gasteiger partial charge in [-0.15, -0.1) is 13.2 Å². The molecule has 0 atom stereocenters. The summed E-state index contributed by atoms with van der Waals surface area (Å²) in [6, 6.07) is 0.618. The van der Waals surface area contributed by atoms with E-state index in [-0.39, 0.29) is 0 Å². The molecule has 0 aromatic carbocycles. The summed E-state index contributed by atoms with van der Waals surface area (Å²) in [5.74, 6) is 0. The lowest BCUT2D eigenvalue weighted by Gasteiger charge is -2.15. The van der Waals surface area contributed by atoms with E-state index in [2.05, 4.69) is 30.4 Å². The minimum atomic E-state index is 0.618. The lowest BCUT2D eigenvalue weighted by atomic mass is 10.4. The molecule has 1 aromatic rings. The summed E-state index contributed by atoms with van der Waals surface area (Å²) in [7, 11) is 0. The molecule has 0 spiro atoms. The quantitative estimate of drug-likeness (QED) is 0.681. The Balaban J connectivity index is 2.64. The van der Waals surface area contributed by atoms with Crippen molar-refractivity contribution in [3.63, 3.8) is 0 Å². The maximum atomic E-state index is 5.41. The van der Waals surface area contributed by atoms with Crippen LogP contribution in [-0.4, -0.2) is 24.6 Å². The lowest BCUT2D eigenvalue weighted by molar-refractivity contribution is 0.544. The van der Waals surface area contributed by atoms with Gasteiger partial charge >= 0.3 is 0 Å². The largest absolute Gasteiger partial charge is 0.432 e. The molecule has 0 saturated carbocycles. The van der Waals surface area contributed by atoms with E-state index in [0.29, 0.717) is 19.1 Å². The first-order valence-corrected chi connectivity index (χ1v) is 5.43. The summed E-state index contributed by atoms with van der Waals surface area (Å²) in [5, 5.41) is 3.20. The number of nitrogens with one attached hydrogen (secondary N) is 1. The SMILES string of the molecule is C=CCN(CC=C)c1nc(CNCC)co1. The molecule has 88 valence electrons. The van der Waals surface area contributed by atoms with Crippen LogP contribution in [0.25, 0.3) is 0 Å². The highest BCUT2D eigenvalue weighted by molar-refractivity contribution is 5.29. The van der Waals surface area contributed by atoms with E-state index in [0.717, 1.165) is 18.8 Å². The van der Waals surface area contributed by atoms with Crippen LogP contribution in [0, 0.1) is 0 Å². The molecule has 0 amide bonds. The second-order valence-electron chi connectivity index (χ2n) is 3.38. The molecule has 0 unspecified atom stereocenters. The Morgan fingerprint density at radius 2 is 2.12 bits per heavy atom. The molecule has 4 nitrogen and oxygen atoms in total. The van der Waals surface area contributed by atoms with Gasteiger partial charge in [0.05, 0.1) is 5.69 Å². The van der Waals surface area contributed by atoms with Crippen LogP contribution >= 0.6 is 0 Å². The average Bonchev–Trinajstić information content (AvgIpc) is 2.74. The smallest absolute Gasteiger partial charge is 0.298 e. The lowest BCUT2D eigenvalue weighted by Crippen LogP contribution is -2.23. The number of oxazole rings is 1. The molecule has 0 fully saturated rings. The van der Waals surface area contributed by atoms with Crippen LogP contribution in [0.1, 0.15) is 12.6 Å². The molecular formula is C12H19N3O. The fourth-order valence-electron chi connectivity index (χ4n) is 1.32. The molecule has 1 N–H and O–H groups in total. The van der Waals surface area contributed by atoms with Crippen molar-refractivity contribution in [2.75, 3.05) is 24.5 Å². The monoisotopic (exact) mass is 221 g/mol. The number of aromatic nitrogens is 1. The first-order valence-electron chi connectivity index (χ1n) is 5.43. The second-order valence-corrected chi connectivity index (χ2v) is 3.38. The van der Waals surface area contributed by atoms with Crippen molar-refractivity contribution in [2.45, 2.75) is 13.5 Å². The van der Waals surface area contributed by atoms with Crippen molar-refractivity contribution >= 4 is 6.01 Å². The van der Waals surface area contributed by atoms with Gasteiger partial charge < -0.3 is 14.6 Å². The molecule has 0 bridgehead atoms. The zero-order valence-corrected chi connectivity index (χ0v) is 9.78. The molecular weight excluding hydrogens is 202 g/mol. The molecule has 1 heterocycles. The van der Waals surface area contributed by atoms with Crippen molar-refractivity contribution < 1.29 is 4.42 Å². The summed E-state index contributed by atoms with van der Waals surface area (Å²) in [4.78, 5) is 6.35. The van der Waals surface area contributed by atoms with Crippen LogP contribution in [0.5, 0.6) is 0 Å². The predicted octanol–water partition coefficient (Wildman–Crippen LogP) is 1.96. The van der Waals surface area contributed by atoms with Gasteiger partial charge in [-0.1, -0.05) is 19.1 Å². The molecule has 1 aromatic heterocycles. The summed E-state index contributed by atoms with van der Waals surface area (Å²) < 4.78 is 5.41. The van der Waals surface area contributed by atoms with E-state index in [1.165, 1.54) is 0 Å². The van der Waals surface area contributed by atoms with Gasteiger partial charge in [0, 0.05) is 19.6 Å². The first-order chi connectivity index (χ1) is 7.81. The van der Waals surface area contributed by atoms with Gasteiger partial charge in [-0.3, -0.25) is 0 Å². The molecule has 4 heteroatoms. The van der Waals surface area contributed by atoms with E-state index >= 15 is 0 Å². The van der Waals surface area contributed by atoms with E-state index < -0.39 is 0 Å². The Bertz CT molecular complexity index is 323.